The van der Waals surface area contributed by atoms with Crippen LogP contribution in [0.2, 0.25) is 0 Å². The summed E-state index contributed by atoms with van der Waals surface area (Å²) in [5, 5.41) is 14.5. The number of fused-ring (bicyclic) bond motifs is 1. The zero-order valence-corrected chi connectivity index (χ0v) is 12.6. The molecule has 0 saturated carbocycles. The number of carbonyl (C=O) groups is 2. The summed E-state index contributed by atoms with van der Waals surface area (Å²) in [4.78, 5) is 25.9. The van der Waals surface area contributed by atoms with E-state index in [4.69, 9.17) is 4.74 Å². The van der Waals surface area contributed by atoms with E-state index in [2.05, 4.69) is 10.3 Å². The molecule has 0 aliphatic rings. The third-order valence-corrected chi connectivity index (χ3v) is 3.22. The van der Waals surface area contributed by atoms with Crippen LogP contribution in [-0.4, -0.2) is 29.7 Å². The molecule has 2 aromatic rings. The summed E-state index contributed by atoms with van der Waals surface area (Å²) < 4.78 is 4.94. The number of aromatic nitrogens is 1. The maximum absolute atomic E-state index is 11.6. The van der Waals surface area contributed by atoms with Crippen LogP contribution in [0, 0.1) is 5.92 Å². The number of rotatable bonds is 6. The van der Waals surface area contributed by atoms with Gasteiger partial charge in [0.05, 0.1) is 18.6 Å². The Balaban J connectivity index is 2.06. The minimum absolute atomic E-state index is 0.128. The highest BCUT2D eigenvalue weighted by Gasteiger charge is 2.17. The Bertz CT molecular complexity index is 663. The van der Waals surface area contributed by atoms with Crippen LogP contribution in [0.3, 0.4) is 0 Å². The van der Waals surface area contributed by atoms with Gasteiger partial charge in [0, 0.05) is 23.5 Å². The van der Waals surface area contributed by atoms with Crippen molar-refractivity contribution >= 4 is 23.0 Å². The number of amides is 1. The Morgan fingerprint density at radius 3 is 2.73 bits per heavy atom. The Labute approximate surface area is 128 Å². The maximum atomic E-state index is 11.6. The number of hydrogen-bond acceptors (Lipinski definition) is 4. The number of carboxylic acids is 1. The number of benzene rings is 1. The minimum atomic E-state index is -1.34. The fraction of sp³-hybridized carbons (Fsp3) is 0.375. The van der Waals surface area contributed by atoms with Crippen molar-refractivity contribution in [3.05, 3.63) is 36.0 Å². The number of ether oxygens (including phenoxy) is 1. The van der Waals surface area contributed by atoms with E-state index in [-0.39, 0.29) is 18.9 Å². The maximum Gasteiger partial charge on any atom is 0.407 e. The van der Waals surface area contributed by atoms with Crippen molar-refractivity contribution in [1.82, 2.24) is 10.3 Å². The molecule has 1 atom stereocenters. The van der Waals surface area contributed by atoms with E-state index in [0.29, 0.717) is 0 Å². The molecule has 2 rings (SSSR count). The molecule has 6 nitrogen and oxygen atoms in total. The predicted octanol–water partition coefficient (Wildman–Crippen LogP) is 1.21. The van der Waals surface area contributed by atoms with Gasteiger partial charge in [-0.15, -0.1) is 0 Å². The van der Waals surface area contributed by atoms with Crippen molar-refractivity contribution in [2.75, 3.05) is 6.61 Å². The smallest absolute Gasteiger partial charge is 0.407 e. The van der Waals surface area contributed by atoms with Crippen molar-refractivity contribution in [2.45, 2.75) is 26.3 Å². The molecule has 22 heavy (non-hydrogen) atoms. The molecule has 0 spiro atoms. The quantitative estimate of drug-likeness (QED) is 0.838. The summed E-state index contributed by atoms with van der Waals surface area (Å²) in [6, 6.07) is 6.42. The Morgan fingerprint density at radius 2 is 2.05 bits per heavy atom. The molecule has 0 fully saturated rings. The Hall–Kier alpha value is -2.50. The number of nitrogens with one attached hydrogen (secondary N) is 2. The molecule has 118 valence electrons. The zero-order chi connectivity index (χ0) is 16.1. The van der Waals surface area contributed by atoms with Crippen molar-refractivity contribution in [2.24, 2.45) is 5.92 Å². The highest BCUT2D eigenvalue weighted by molar-refractivity contribution is 5.85. The van der Waals surface area contributed by atoms with Crippen LogP contribution in [0.4, 0.5) is 4.79 Å². The molecule has 0 aliphatic heterocycles. The molecule has 2 N–H and O–H groups in total. The number of para-hydroxylation sites is 1. The third-order valence-electron chi connectivity index (χ3n) is 3.22. The van der Waals surface area contributed by atoms with Gasteiger partial charge in [-0.25, -0.2) is 4.79 Å². The standard InChI is InChI=1S/C16H20N2O4/c1-10(2)9-22-16(21)18-14(15(19)20)7-11-8-17-13-6-4-3-5-12(11)13/h3-6,8,10,14,17H,7,9H2,1-2H3,(H,18,21)(H,19,20)/p-1/t14-/m1/s1. The average Bonchev–Trinajstić information content (AvgIpc) is 2.87. The molecule has 1 amide bonds. The highest BCUT2D eigenvalue weighted by Crippen LogP contribution is 2.19. The summed E-state index contributed by atoms with van der Waals surface area (Å²) in [6.07, 6.45) is 1.12. The molecular formula is C16H19N2O4-. The first-order valence-corrected chi connectivity index (χ1v) is 7.16. The summed E-state index contributed by atoms with van der Waals surface area (Å²) in [5.41, 5.74) is 1.71. The van der Waals surface area contributed by atoms with Gasteiger partial charge in [-0.05, 0) is 17.5 Å². The number of carbonyl (C=O) groups excluding carboxylic acids is 2. The van der Waals surface area contributed by atoms with E-state index in [0.717, 1.165) is 16.5 Å². The Kier molecular flexibility index (Phi) is 5.04. The number of hydrogen-bond donors (Lipinski definition) is 2. The molecule has 1 aromatic carbocycles. The molecule has 0 bridgehead atoms. The highest BCUT2D eigenvalue weighted by atomic mass is 16.5. The lowest BCUT2D eigenvalue weighted by atomic mass is 10.1. The van der Waals surface area contributed by atoms with Gasteiger partial charge in [-0.1, -0.05) is 32.0 Å². The summed E-state index contributed by atoms with van der Waals surface area (Å²) >= 11 is 0. The number of aromatic amines is 1. The second-order valence-electron chi connectivity index (χ2n) is 5.57. The lowest BCUT2D eigenvalue weighted by molar-refractivity contribution is -0.308. The summed E-state index contributed by atoms with van der Waals surface area (Å²) in [5.74, 6) is -1.16. The number of carboxylic acid groups (broad SMARTS) is 1. The fourth-order valence-electron chi connectivity index (χ4n) is 2.14. The topological polar surface area (TPSA) is 94.2 Å². The minimum Gasteiger partial charge on any atom is -0.548 e. The van der Waals surface area contributed by atoms with E-state index >= 15 is 0 Å². The van der Waals surface area contributed by atoms with Crippen LogP contribution < -0.4 is 10.4 Å². The van der Waals surface area contributed by atoms with Crippen LogP contribution in [0.1, 0.15) is 19.4 Å². The van der Waals surface area contributed by atoms with Gasteiger partial charge in [-0.3, -0.25) is 0 Å². The molecule has 0 radical (unpaired) electrons. The summed E-state index contributed by atoms with van der Waals surface area (Å²) in [7, 11) is 0. The van der Waals surface area contributed by atoms with Crippen LogP contribution in [-0.2, 0) is 16.0 Å². The van der Waals surface area contributed by atoms with Gasteiger partial charge in [-0.2, -0.15) is 0 Å². The monoisotopic (exact) mass is 303 g/mol. The lowest BCUT2D eigenvalue weighted by Gasteiger charge is -2.19. The van der Waals surface area contributed by atoms with Gasteiger partial charge in [0.15, 0.2) is 0 Å². The van der Waals surface area contributed by atoms with E-state index in [9.17, 15) is 14.7 Å². The van der Waals surface area contributed by atoms with Gasteiger partial charge < -0.3 is 24.9 Å². The predicted molar refractivity (Wildman–Crippen MR) is 80.1 cm³/mol. The zero-order valence-electron chi connectivity index (χ0n) is 12.6. The van der Waals surface area contributed by atoms with Gasteiger partial charge in [0.1, 0.15) is 0 Å². The molecular weight excluding hydrogens is 284 g/mol. The first kappa shape index (κ1) is 15.9. The molecule has 0 aliphatic carbocycles. The van der Waals surface area contributed by atoms with Crippen molar-refractivity contribution in [1.29, 1.82) is 0 Å². The third kappa shape index (κ3) is 4.00. The number of alkyl carbamates (subject to hydrolysis) is 1. The second-order valence-corrected chi connectivity index (χ2v) is 5.57. The van der Waals surface area contributed by atoms with Gasteiger partial charge in [0.25, 0.3) is 0 Å². The van der Waals surface area contributed by atoms with Crippen LogP contribution in [0.5, 0.6) is 0 Å². The number of aliphatic carboxylic acids is 1. The normalized spacial score (nSPS) is 12.3. The molecule has 0 unspecified atom stereocenters. The molecule has 0 saturated heterocycles. The first-order chi connectivity index (χ1) is 10.5. The molecule has 6 heteroatoms. The second kappa shape index (κ2) is 6.98. The van der Waals surface area contributed by atoms with Crippen LogP contribution in [0.25, 0.3) is 10.9 Å². The Morgan fingerprint density at radius 1 is 1.32 bits per heavy atom. The van der Waals surface area contributed by atoms with E-state index < -0.39 is 18.1 Å². The summed E-state index contributed by atoms with van der Waals surface area (Å²) in [6.45, 7) is 4.03. The number of H-pyrrole nitrogens is 1. The van der Waals surface area contributed by atoms with Crippen molar-refractivity contribution in [3.63, 3.8) is 0 Å². The van der Waals surface area contributed by atoms with Gasteiger partial charge >= 0.3 is 6.09 Å². The van der Waals surface area contributed by atoms with E-state index in [1.54, 1.807) is 6.20 Å². The fourth-order valence-corrected chi connectivity index (χ4v) is 2.14. The largest absolute Gasteiger partial charge is 0.548 e. The lowest BCUT2D eigenvalue weighted by Crippen LogP contribution is -2.49. The van der Waals surface area contributed by atoms with Crippen molar-refractivity contribution < 1.29 is 19.4 Å². The first-order valence-electron chi connectivity index (χ1n) is 7.16. The van der Waals surface area contributed by atoms with E-state index in [1.807, 2.05) is 38.1 Å². The SMILES string of the molecule is CC(C)COC(=O)N[C@H](Cc1c[nH]c2ccccc12)C(=O)[O-]. The molecule has 1 heterocycles. The van der Waals surface area contributed by atoms with Crippen molar-refractivity contribution in [3.8, 4) is 0 Å². The van der Waals surface area contributed by atoms with Crippen LogP contribution in [0.15, 0.2) is 30.5 Å². The van der Waals surface area contributed by atoms with Gasteiger partial charge in [0.2, 0.25) is 0 Å². The van der Waals surface area contributed by atoms with Crippen LogP contribution >= 0.6 is 0 Å². The molecule has 1 aromatic heterocycles. The average molecular weight is 303 g/mol. The van der Waals surface area contributed by atoms with E-state index in [1.165, 1.54) is 0 Å².